The van der Waals surface area contributed by atoms with E-state index >= 15 is 0 Å². The first-order chi connectivity index (χ1) is 10.5. The molecular weight excluding hydrogens is 292 g/mol. The molecule has 0 aliphatic carbocycles. The molecule has 0 amide bonds. The van der Waals surface area contributed by atoms with Crippen LogP contribution in [0.25, 0.3) is 22.2 Å². The van der Waals surface area contributed by atoms with Crippen molar-refractivity contribution < 1.29 is 23.5 Å². The SMILES string of the molecule is CC(=O)OCC(=O)Oc1ccc2occ3c(=O)[nH]nc-3c2c1. The summed E-state index contributed by atoms with van der Waals surface area (Å²) in [5, 5.41) is 6.77. The molecular formula is C14H10N2O6. The first-order valence-corrected chi connectivity index (χ1v) is 6.28. The van der Waals surface area contributed by atoms with Crippen molar-refractivity contribution in [2.24, 2.45) is 0 Å². The van der Waals surface area contributed by atoms with Gasteiger partial charge in [0.2, 0.25) is 0 Å². The van der Waals surface area contributed by atoms with Crippen molar-refractivity contribution in [3.05, 3.63) is 34.8 Å². The molecule has 2 heterocycles. The maximum absolute atomic E-state index is 11.5. The van der Waals surface area contributed by atoms with E-state index in [4.69, 9.17) is 9.15 Å². The Balaban J connectivity index is 1.92. The fourth-order valence-corrected chi connectivity index (χ4v) is 1.95. The average Bonchev–Trinajstić information content (AvgIpc) is 2.87. The topological polar surface area (TPSA) is 111 Å². The molecule has 8 nitrogen and oxygen atoms in total. The van der Waals surface area contributed by atoms with E-state index in [-0.39, 0.29) is 11.3 Å². The van der Waals surface area contributed by atoms with E-state index in [1.54, 1.807) is 6.07 Å². The number of rotatable bonds is 3. The predicted molar refractivity (Wildman–Crippen MR) is 73.5 cm³/mol. The Morgan fingerprint density at radius 2 is 2.18 bits per heavy atom. The molecule has 0 radical (unpaired) electrons. The Kier molecular flexibility index (Phi) is 3.34. The van der Waals surface area contributed by atoms with Crippen molar-refractivity contribution in [3.63, 3.8) is 0 Å². The number of aromatic amines is 1. The summed E-state index contributed by atoms with van der Waals surface area (Å²) < 4.78 is 14.9. The number of hydrogen-bond donors (Lipinski definition) is 1. The van der Waals surface area contributed by atoms with Crippen LogP contribution in [0, 0.1) is 0 Å². The minimum atomic E-state index is -0.717. The lowest BCUT2D eigenvalue weighted by Gasteiger charge is -2.06. The van der Waals surface area contributed by atoms with Gasteiger partial charge in [0.05, 0.1) is 0 Å². The van der Waals surface area contributed by atoms with Crippen LogP contribution in [-0.4, -0.2) is 28.7 Å². The van der Waals surface area contributed by atoms with Crippen LogP contribution in [0.3, 0.4) is 0 Å². The lowest BCUT2D eigenvalue weighted by atomic mass is 10.1. The molecule has 0 saturated heterocycles. The fraction of sp³-hybridized carbons (Fsp3) is 0.143. The quantitative estimate of drug-likeness (QED) is 0.569. The fourth-order valence-electron chi connectivity index (χ4n) is 1.95. The molecule has 1 aromatic rings. The van der Waals surface area contributed by atoms with Gasteiger partial charge in [-0.25, -0.2) is 9.89 Å². The Bertz CT molecular complexity index is 894. The highest BCUT2D eigenvalue weighted by molar-refractivity contribution is 5.93. The zero-order chi connectivity index (χ0) is 15.7. The van der Waals surface area contributed by atoms with Crippen LogP contribution in [-0.2, 0) is 14.3 Å². The van der Waals surface area contributed by atoms with E-state index in [2.05, 4.69) is 14.9 Å². The number of aromatic nitrogens is 2. The predicted octanol–water partition coefficient (Wildman–Crippen LogP) is 1.09. The first-order valence-electron chi connectivity index (χ1n) is 6.28. The number of hydrogen-bond acceptors (Lipinski definition) is 7. The maximum Gasteiger partial charge on any atom is 0.349 e. The highest BCUT2D eigenvalue weighted by atomic mass is 16.6. The van der Waals surface area contributed by atoms with Crippen LogP contribution in [0.4, 0.5) is 0 Å². The van der Waals surface area contributed by atoms with Gasteiger partial charge in [-0.2, -0.15) is 5.10 Å². The number of H-pyrrole nitrogens is 1. The van der Waals surface area contributed by atoms with E-state index in [1.165, 1.54) is 25.3 Å². The van der Waals surface area contributed by atoms with Gasteiger partial charge in [0, 0.05) is 12.3 Å². The molecule has 0 unspecified atom stereocenters. The van der Waals surface area contributed by atoms with Crippen molar-refractivity contribution >= 4 is 22.9 Å². The van der Waals surface area contributed by atoms with Gasteiger partial charge in [0.1, 0.15) is 28.9 Å². The summed E-state index contributed by atoms with van der Waals surface area (Å²) in [6.07, 6.45) is 1.32. The summed E-state index contributed by atoms with van der Waals surface area (Å²) >= 11 is 0. The van der Waals surface area contributed by atoms with Gasteiger partial charge in [-0.05, 0) is 18.2 Å². The highest BCUT2D eigenvalue weighted by Crippen LogP contribution is 2.29. The highest BCUT2D eigenvalue weighted by Gasteiger charge is 2.17. The summed E-state index contributed by atoms with van der Waals surface area (Å²) in [5.41, 5.74) is 0.844. The summed E-state index contributed by atoms with van der Waals surface area (Å²) in [4.78, 5) is 33.7. The maximum atomic E-state index is 11.5. The van der Waals surface area contributed by atoms with Gasteiger partial charge >= 0.3 is 11.9 Å². The van der Waals surface area contributed by atoms with Crippen LogP contribution in [0.2, 0.25) is 0 Å². The van der Waals surface area contributed by atoms with Crippen LogP contribution < -0.4 is 10.3 Å². The Morgan fingerprint density at radius 1 is 1.36 bits per heavy atom. The summed E-state index contributed by atoms with van der Waals surface area (Å²) in [5.74, 6) is -1.07. The normalized spacial score (nSPS) is 10.8. The molecule has 3 rings (SSSR count). The second-order valence-corrected chi connectivity index (χ2v) is 4.46. The van der Waals surface area contributed by atoms with Gasteiger partial charge in [-0.3, -0.25) is 9.59 Å². The lowest BCUT2D eigenvalue weighted by molar-refractivity contribution is -0.152. The zero-order valence-electron chi connectivity index (χ0n) is 11.4. The van der Waals surface area contributed by atoms with Gasteiger partial charge in [0.15, 0.2) is 6.61 Å². The van der Waals surface area contributed by atoms with Crippen molar-refractivity contribution in [1.29, 1.82) is 0 Å². The summed E-state index contributed by atoms with van der Waals surface area (Å²) in [6, 6.07) is 4.63. The number of benzene rings is 1. The van der Waals surface area contributed by atoms with Crippen molar-refractivity contribution in [2.75, 3.05) is 6.61 Å². The zero-order valence-corrected chi connectivity index (χ0v) is 11.4. The Hall–Kier alpha value is -3.16. The third-order valence-corrected chi connectivity index (χ3v) is 2.90. The smallest absolute Gasteiger partial charge is 0.349 e. The molecule has 0 atom stereocenters. The van der Waals surface area contributed by atoms with Gasteiger partial charge < -0.3 is 13.9 Å². The minimum absolute atomic E-state index is 0.225. The van der Waals surface area contributed by atoms with Gasteiger partial charge in [0.25, 0.3) is 5.56 Å². The summed E-state index contributed by atoms with van der Waals surface area (Å²) in [7, 11) is 0. The molecule has 0 aromatic heterocycles. The number of fused-ring (bicyclic) bond motifs is 3. The standard InChI is InChI=1S/C14H10N2O6/c1-7(17)20-6-12(18)22-8-2-3-11-9(4-8)13-10(5-21-11)14(19)16-15-13/h2-5H,6H2,1H3,(H,16,19). The molecule has 22 heavy (non-hydrogen) atoms. The molecule has 2 aliphatic rings. The van der Waals surface area contributed by atoms with Crippen LogP contribution >= 0.6 is 0 Å². The van der Waals surface area contributed by atoms with E-state index in [9.17, 15) is 14.4 Å². The Labute approximate surface area is 123 Å². The summed E-state index contributed by atoms with van der Waals surface area (Å²) in [6.45, 7) is 0.717. The van der Waals surface area contributed by atoms with E-state index in [1.807, 2.05) is 0 Å². The van der Waals surface area contributed by atoms with Crippen molar-refractivity contribution in [1.82, 2.24) is 10.2 Å². The molecule has 0 spiro atoms. The molecule has 2 aliphatic heterocycles. The lowest BCUT2D eigenvalue weighted by Crippen LogP contribution is -2.17. The third-order valence-electron chi connectivity index (χ3n) is 2.90. The monoisotopic (exact) mass is 302 g/mol. The number of ether oxygens (including phenoxy) is 2. The minimum Gasteiger partial charge on any atom is -0.463 e. The molecule has 1 aromatic carbocycles. The largest absolute Gasteiger partial charge is 0.463 e. The first kappa shape index (κ1) is 13.8. The second kappa shape index (κ2) is 5.32. The van der Waals surface area contributed by atoms with Crippen molar-refractivity contribution in [2.45, 2.75) is 6.92 Å². The van der Waals surface area contributed by atoms with Crippen LogP contribution in [0.15, 0.2) is 33.7 Å². The van der Waals surface area contributed by atoms with Crippen LogP contribution in [0.5, 0.6) is 5.75 Å². The number of esters is 2. The van der Waals surface area contributed by atoms with Gasteiger partial charge in [-0.15, -0.1) is 0 Å². The van der Waals surface area contributed by atoms with Gasteiger partial charge in [-0.1, -0.05) is 0 Å². The van der Waals surface area contributed by atoms with E-state index < -0.39 is 18.5 Å². The number of carbonyl (C=O) groups excluding carboxylic acids is 2. The second-order valence-electron chi connectivity index (χ2n) is 4.46. The number of carbonyl (C=O) groups is 2. The van der Waals surface area contributed by atoms with Crippen LogP contribution in [0.1, 0.15) is 6.92 Å². The molecule has 0 fully saturated rings. The van der Waals surface area contributed by atoms with E-state index in [0.29, 0.717) is 22.2 Å². The molecule has 1 N–H and O–H groups in total. The molecule has 8 heteroatoms. The number of nitrogens with zero attached hydrogens (tertiary/aromatic N) is 1. The Morgan fingerprint density at radius 3 is 2.95 bits per heavy atom. The number of nitrogens with one attached hydrogen (secondary N) is 1. The molecule has 112 valence electrons. The van der Waals surface area contributed by atoms with E-state index in [0.717, 1.165) is 0 Å². The third kappa shape index (κ3) is 2.53. The average molecular weight is 302 g/mol. The molecule has 0 bridgehead atoms. The molecule has 0 saturated carbocycles. The van der Waals surface area contributed by atoms with Crippen molar-refractivity contribution in [3.8, 4) is 17.0 Å².